The molecule has 0 aromatic heterocycles. The number of thioether (sulfide) groups is 1. The number of unbranched alkanes of at least 4 members (excludes halogenated alkanes) is 1. The smallest absolute Gasteiger partial charge is 0.294 e. The Labute approximate surface area is 170 Å². The molecular weight excluding hydrogens is 382 g/mol. The van der Waals surface area contributed by atoms with Crippen LogP contribution < -0.4 is 10.6 Å². The summed E-state index contributed by atoms with van der Waals surface area (Å²) < 4.78 is 0. The summed E-state index contributed by atoms with van der Waals surface area (Å²) >= 11 is 1.63. The third-order valence-corrected chi connectivity index (χ3v) is 5.38. The summed E-state index contributed by atoms with van der Waals surface area (Å²) in [6, 6.07) is 8.08. The summed E-state index contributed by atoms with van der Waals surface area (Å²) in [5, 5.41) is 25.5. The summed E-state index contributed by atoms with van der Waals surface area (Å²) in [7, 11) is 0. The SMILES string of the molecule is Cc1ccccc1SCC(O)CNC(C)(C)CNC(=O)CCCCO[N+](=O)[O-]. The number of benzene rings is 1. The largest absolute Gasteiger partial charge is 0.391 e. The minimum atomic E-state index is -0.831. The molecule has 28 heavy (non-hydrogen) atoms. The first kappa shape index (κ1) is 24.2. The lowest BCUT2D eigenvalue weighted by atomic mass is 10.1. The number of aryl methyl sites for hydroxylation is 1. The van der Waals surface area contributed by atoms with E-state index in [4.69, 9.17) is 0 Å². The van der Waals surface area contributed by atoms with Gasteiger partial charge in [-0.1, -0.05) is 18.2 Å². The van der Waals surface area contributed by atoms with Gasteiger partial charge in [0.25, 0.3) is 5.09 Å². The average Bonchev–Trinajstić information content (AvgIpc) is 2.64. The molecule has 0 aliphatic rings. The molecule has 1 aromatic rings. The quantitative estimate of drug-likeness (QED) is 0.186. The van der Waals surface area contributed by atoms with Gasteiger partial charge in [-0.05, 0) is 45.2 Å². The summed E-state index contributed by atoms with van der Waals surface area (Å²) in [6.45, 7) is 6.83. The van der Waals surface area contributed by atoms with Crippen LogP contribution in [0.15, 0.2) is 29.2 Å². The number of aliphatic hydroxyl groups excluding tert-OH is 1. The Kier molecular flexibility index (Phi) is 10.9. The van der Waals surface area contributed by atoms with Gasteiger partial charge in [-0.15, -0.1) is 21.9 Å². The van der Waals surface area contributed by atoms with Gasteiger partial charge in [-0.25, -0.2) is 0 Å². The fourth-order valence-corrected chi connectivity index (χ4v) is 3.31. The lowest BCUT2D eigenvalue weighted by Crippen LogP contribution is -2.51. The molecule has 0 saturated heterocycles. The van der Waals surface area contributed by atoms with Crippen molar-refractivity contribution in [2.24, 2.45) is 0 Å². The van der Waals surface area contributed by atoms with Crippen molar-refractivity contribution >= 4 is 17.7 Å². The topological polar surface area (TPSA) is 114 Å². The molecule has 1 rings (SSSR count). The predicted octanol–water partition coefficient (Wildman–Crippen LogP) is 2.31. The first-order chi connectivity index (χ1) is 13.2. The fraction of sp³-hybridized carbons (Fsp3) is 0.632. The molecule has 9 heteroatoms. The molecule has 0 fully saturated rings. The molecule has 0 heterocycles. The van der Waals surface area contributed by atoms with E-state index in [2.05, 4.69) is 15.5 Å². The molecule has 0 spiro atoms. The maximum absolute atomic E-state index is 11.8. The molecule has 1 unspecified atom stereocenters. The van der Waals surface area contributed by atoms with E-state index in [1.54, 1.807) is 11.8 Å². The Hall–Kier alpha value is -1.84. The monoisotopic (exact) mass is 413 g/mol. The molecule has 0 aliphatic heterocycles. The van der Waals surface area contributed by atoms with Crippen molar-refractivity contribution in [2.75, 3.05) is 25.4 Å². The highest BCUT2D eigenvalue weighted by atomic mass is 32.2. The molecule has 3 N–H and O–H groups in total. The van der Waals surface area contributed by atoms with Crippen molar-refractivity contribution in [1.82, 2.24) is 10.6 Å². The van der Waals surface area contributed by atoms with Crippen LogP contribution in [0.3, 0.4) is 0 Å². The highest BCUT2D eigenvalue weighted by molar-refractivity contribution is 7.99. The number of β-amino-alcohol motifs (C(OH)–C–C–N with tert-alkyl or cyclic N) is 1. The first-order valence-electron chi connectivity index (χ1n) is 9.35. The number of amides is 1. The van der Waals surface area contributed by atoms with Gasteiger partial charge in [-0.3, -0.25) is 4.79 Å². The standard InChI is InChI=1S/C19H31N3O5S/c1-15-8-4-5-9-17(15)28-13-16(23)12-21-19(2,3)14-20-18(24)10-6-7-11-27-22(25)26/h4-5,8-9,16,21,23H,6-7,10-14H2,1-3H3,(H,20,24). The summed E-state index contributed by atoms with van der Waals surface area (Å²) in [4.78, 5) is 27.2. The van der Waals surface area contributed by atoms with Crippen LogP contribution in [0.4, 0.5) is 0 Å². The van der Waals surface area contributed by atoms with Crippen molar-refractivity contribution in [2.45, 2.75) is 56.6 Å². The van der Waals surface area contributed by atoms with Gasteiger partial charge < -0.3 is 20.6 Å². The number of hydrogen-bond donors (Lipinski definition) is 3. The molecule has 1 atom stereocenters. The van der Waals surface area contributed by atoms with E-state index in [0.29, 0.717) is 38.1 Å². The van der Waals surface area contributed by atoms with Crippen LogP contribution in [0.25, 0.3) is 0 Å². The van der Waals surface area contributed by atoms with Crippen molar-refractivity contribution < 1.29 is 19.8 Å². The number of hydrogen-bond acceptors (Lipinski definition) is 7. The molecule has 0 aliphatic carbocycles. The minimum absolute atomic E-state index is 0.00569. The molecule has 0 radical (unpaired) electrons. The van der Waals surface area contributed by atoms with E-state index in [1.807, 2.05) is 45.0 Å². The average molecular weight is 414 g/mol. The maximum Gasteiger partial charge on any atom is 0.294 e. The second-order valence-electron chi connectivity index (χ2n) is 7.29. The van der Waals surface area contributed by atoms with Crippen LogP contribution in [0, 0.1) is 17.0 Å². The highest BCUT2D eigenvalue weighted by Gasteiger charge is 2.19. The third-order valence-electron chi connectivity index (χ3n) is 4.06. The number of nitrogens with one attached hydrogen (secondary N) is 2. The number of carbonyl (C=O) groups excluding carboxylic acids is 1. The van der Waals surface area contributed by atoms with Crippen LogP contribution in [-0.4, -0.2) is 53.2 Å². The van der Waals surface area contributed by atoms with Crippen LogP contribution >= 0.6 is 11.8 Å². The van der Waals surface area contributed by atoms with E-state index >= 15 is 0 Å². The van der Waals surface area contributed by atoms with Gasteiger partial charge in [0.15, 0.2) is 0 Å². The van der Waals surface area contributed by atoms with Crippen LogP contribution in [0.2, 0.25) is 0 Å². The molecular formula is C19H31N3O5S. The van der Waals surface area contributed by atoms with E-state index in [-0.39, 0.29) is 18.1 Å². The van der Waals surface area contributed by atoms with Crippen molar-refractivity contribution in [3.63, 3.8) is 0 Å². The highest BCUT2D eigenvalue weighted by Crippen LogP contribution is 2.22. The zero-order chi connectivity index (χ0) is 21.0. The molecule has 1 aromatic carbocycles. The minimum Gasteiger partial charge on any atom is -0.391 e. The van der Waals surface area contributed by atoms with Gasteiger partial charge in [0.2, 0.25) is 5.91 Å². The Morgan fingerprint density at radius 2 is 2.07 bits per heavy atom. The predicted molar refractivity (Wildman–Crippen MR) is 110 cm³/mol. The van der Waals surface area contributed by atoms with Crippen molar-refractivity contribution in [3.8, 4) is 0 Å². The van der Waals surface area contributed by atoms with E-state index in [9.17, 15) is 20.0 Å². The maximum atomic E-state index is 11.8. The normalized spacial score (nSPS) is 12.4. The number of aliphatic hydroxyl groups is 1. The molecule has 1 amide bonds. The van der Waals surface area contributed by atoms with Gasteiger partial charge in [0, 0.05) is 35.7 Å². The Balaban J connectivity index is 2.19. The summed E-state index contributed by atoms with van der Waals surface area (Å²) in [6.07, 6.45) is 0.789. The van der Waals surface area contributed by atoms with Crippen molar-refractivity contribution in [3.05, 3.63) is 39.9 Å². The molecule has 0 saturated carbocycles. The number of carbonyl (C=O) groups is 1. The van der Waals surface area contributed by atoms with E-state index in [0.717, 1.165) is 4.90 Å². The second kappa shape index (κ2) is 12.6. The van der Waals surface area contributed by atoms with Gasteiger partial charge in [0.1, 0.15) is 0 Å². The van der Waals surface area contributed by atoms with Gasteiger partial charge in [0.05, 0.1) is 12.7 Å². The first-order valence-corrected chi connectivity index (χ1v) is 10.3. The zero-order valence-corrected chi connectivity index (χ0v) is 17.6. The van der Waals surface area contributed by atoms with Crippen LogP contribution in [0.5, 0.6) is 0 Å². The molecule has 158 valence electrons. The second-order valence-corrected chi connectivity index (χ2v) is 8.35. The number of nitrogens with zero attached hydrogens (tertiary/aromatic N) is 1. The Morgan fingerprint density at radius 3 is 2.75 bits per heavy atom. The van der Waals surface area contributed by atoms with Gasteiger partial charge in [-0.2, -0.15) is 0 Å². The van der Waals surface area contributed by atoms with Crippen LogP contribution in [0.1, 0.15) is 38.7 Å². The summed E-state index contributed by atoms with van der Waals surface area (Å²) in [5.74, 6) is 0.485. The Morgan fingerprint density at radius 1 is 1.36 bits per heavy atom. The lowest BCUT2D eigenvalue weighted by molar-refractivity contribution is -0.757. The lowest BCUT2D eigenvalue weighted by Gasteiger charge is -2.28. The molecule has 8 nitrogen and oxygen atoms in total. The van der Waals surface area contributed by atoms with E-state index < -0.39 is 11.2 Å². The zero-order valence-electron chi connectivity index (χ0n) is 16.8. The third kappa shape index (κ3) is 11.1. The fourth-order valence-electron chi connectivity index (χ4n) is 2.35. The van der Waals surface area contributed by atoms with E-state index in [1.165, 1.54) is 5.56 Å². The summed E-state index contributed by atoms with van der Waals surface area (Å²) in [5.41, 5.74) is 0.833. The number of rotatable bonds is 14. The van der Waals surface area contributed by atoms with Crippen molar-refractivity contribution in [1.29, 1.82) is 0 Å². The van der Waals surface area contributed by atoms with Gasteiger partial charge >= 0.3 is 0 Å². The molecule has 0 bridgehead atoms. The van der Waals surface area contributed by atoms with Crippen LogP contribution in [-0.2, 0) is 9.63 Å². The Bertz CT molecular complexity index is 627.